The van der Waals surface area contributed by atoms with Crippen molar-refractivity contribution in [2.45, 2.75) is 32.6 Å². The van der Waals surface area contributed by atoms with Gasteiger partial charge in [0.25, 0.3) is 0 Å². The Hall–Kier alpha value is -0.240. The summed E-state index contributed by atoms with van der Waals surface area (Å²) < 4.78 is 0. The molecule has 0 aromatic rings. The molecule has 1 unspecified atom stereocenters. The minimum Gasteiger partial charge on any atom is -0.342 e. The van der Waals surface area contributed by atoms with Crippen molar-refractivity contribution in [2.24, 2.45) is 5.92 Å². The molecule has 0 aromatic heterocycles. The first-order valence-corrected chi connectivity index (χ1v) is 5.65. The van der Waals surface area contributed by atoms with Gasteiger partial charge in [0.1, 0.15) is 0 Å². The Kier molecular flexibility index (Phi) is 4.57. The molecule has 1 rings (SSSR count). The minimum atomic E-state index is 0.293. The number of hydrogen-bond donors (Lipinski definition) is 0. The number of rotatable bonds is 5. The van der Waals surface area contributed by atoms with E-state index >= 15 is 0 Å². The lowest BCUT2D eigenvalue weighted by Crippen LogP contribution is -2.26. The Morgan fingerprint density at radius 3 is 2.85 bits per heavy atom. The second-order valence-electron chi connectivity index (χ2n) is 3.77. The van der Waals surface area contributed by atoms with Crippen LogP contribution in [0.15, 0.2) is 0 Å². The SMILES string of the molecule is CCCCCN1CC(CCl)CC1=O. The lowest BCUT2D eigenvalue weighted by Gasteiger charge is -2.15. The number of amides is 1. The highest BCUT2D eigenvalue weighted by Crippen LogP contribution is 2.19. The summed E-state index contributed by atoms with van der Waals surface area (Å²) in [7, 11) is 0. The Morgan fingerprint density at radius 2 is 2.31 bits per heavy atom. The average molecular weight is 204 g/mol. The van der Waals surface area contributed by atoms with E-state index in [1.165, 1.54) is 12.8 Å². The second-order valence-corrected chi connectivity index (χ2v) is 4.08. The number of nitrogens with zero attached hydrogens (tertiary/aromatic N) is 1. The molecule has 1 saturated heterocycles. The third kappa shape index (κ3) is 3.18. The van der Waals surface area contributed by atoms with E-state index in [1.807, 2.05) is 4.90 Å². The van der Waals surface area contributed by atoms with Crippen molar-refractivity contribution < 1.29 is 4.79 Å². The zero-order chi connectivity index (χ0) is 9.68. The largest absolute Gasteiger partial charge is 0.342 e. The van der Waals surface area contributed by atoms with Gasteiger partial charge in [0, 0.05) is 25.4 Å². The smallest absolute Gasteiger partial charge is 0.222 e. The van der Waals surface area contributed by atoms with Crippen LogP contribution in [0.25, 0.3) is 0 Å². The van der Waals surface area contributed by atoms with Gasteiger partial charge in [-0.3, -0.25) is 4.79 Å². The summed E-state index contributed by atoms with van der Waals surface area (Å²) in [6.07, 6.45) is 4.23. The molecular formula is C10H18ClNO. The van der Waals surface area contributed by atoms with E-state index in [1.54, 1.807) is 0 Å². The van der Waals surface area contributed by atoms with Crippen LogP contribution in [0, 0.1) is 5.92 Å². The van der Waals surface area contributed by atoms with E-state index in [4.69, 9.17) is 11.6 Å². The first-order chi connectivity index (χ1) is 6.27. The van der Waals surface area contributed by atoms with Gasteiger partial charge in [-0.25, -0.2) is 0 Å². The fraction of sp³-hybridized carbons (Fsp3) is 0.900. The van der Waals surface area contributed by atoms with Crippen LogP contribution >= 0.6 is 11.6 Å². The maximum atomic E-state index is 11.4. The molecular weight excluding hydrogens is 186 g/mol. The maximum absolute atomic E-state index is 11.4. The van der Waals surface area contributed by atoms with Crippen molar-refractivity contribution in [3.05, 3.63) is 0 Å². The van der Waals surface area contributed by atoms with Crippen molar-refractivity contribution in [3.8, 4) is 0 Å². The standard InChI is InChI=1S/C10H18ClNO/c1-2-3-4-5-12-8-9(7-11)6-10(12)13/h9H,2-8H2,1H3. The van der Waals surface area contributed by atoms with E-state index in [0.717, 1.165) is 19.5 Å². The zero-order valence-corrected chi connectivity index (χ0v) is 9.02. The molecule has 0 aromatic carbocycles. The van der Waals surface area contributed by atoms with Crippen molar-refractivity contribution in [3.63, 3.8) is 0 Å². The van der Waals surface area contributed by atoms with Gasteiger partial charge in [-0.05, 0) is 12.3 Å². The van der Waals surface area contributed by atoms with Gasteiger partial charge in [0.05, 0.1) is 0 Å². The van der Waals surface area contributed by atoms with Gasteiger partial charge in [-0.1, -0.05) is 19.8 Å². The molecule has 1 atom stereocenters. The fourth-order valence-corrected chi connectivity index (χ4v) is 1.93. The summed E-state index contributed by atoms with van der Waals surface area (Å²) in [5.74, 6) is 1.31. The highest BCUT2D eigenvalue weighted by Gasteiger charge is 2.27. The van der Waals surface area contributed by atoms with E-state index < -0.39 is 0 Å². The topological polar surface area (TPSA) is 20.3 Å². The van der Waals surface area contributed by atoms with Gasteiger partial charge in [-0.2, -0.15) is 0 Å². The van der Waals surface area contributed by atoms with Crippen LogP contribution in [0.5, 0.6) is 0 Å². The molecule has 1 aliphatic heterocycles. The van der Waals surface area contributed by atoms with Crippen LogP contribution in [0.4, 0.5) is 0 Å². The van der Waals surface area contributed by atoms with E-state index in [2.05, 4.69) is 6.92 Å². The lowest BCUT2D eigenvalue weighted by molar-refractivity contribution is -0.127. The van der Waals surface area contributed by atoms with Gasteiger partial charge in [0.15, 0.2) is 0 Å². The van der Waals surface area contributed by atoms with E-state index in [-0.39, 0.29) is 0 Å². The monoisotopic (exact) mass is 203 g/mol. The number of alkyl halides is 1. The minimum absolute atomic E-state index is 0.293. The van der Waals surface area contributed by atoms with Crippen molar-refractivity contribution in [1.29, 1.82) is 0 Å². The van der Waals surface area contributed by atoms with Crippen LogP contribution in [-0.4, -0.2) is 29.8 Å². The summed E-state index contributed by atoms with van der Waals surface area (Å²) in [6, 6.07) is 0. The third-order valence-electron chi connectivity index (χ3n) is 2.54. The molecule has 0 N–H and O–H groups in total. The van der Waals surface area contributed by atoms with Crippen LogP contribution in [0.3, 0.4) is 0 Å². The summed E-state index contributed by atoms with van der Waals surface area (Å²) in [4.78, 5) is 13.4. The predicted molar refractivity (Wildman–Crippen MR) is 54.9 cm³/mol. The van der Waals surface area contributed by atoms with Crippen LogP contribution in [0.1, 0.15) is 32.6 Å². The van der Waals surface area contributed by atoms with Crippen molar-refractivity contribution in [1.82, 2.24) is 4.90 Å². The molecule has 13 heavy (non-hydrogen) atoms. The molecule has 76 valence electrons. The molecule has 1 fully saturated rings. The van der Waals surface area contributed by atoms with Gasteiger partial charge < -0.3 is 4.90 Å². The van der Waals surface area contributed by atoms with Gasteiger partial charge >= 0.3 is 0 Å². The first-order valence-electron chi connectivity index (χ1n) is 5.11. The molecule has 1 aliphatic rings. The Labute approximate surface area is 85.2 Å². The Morgan fingerprint density at radius 1 is 1.54 bits per heavy atom. The highest BCUT2D eigenvalue weighted by atomic mass is 35.5. The predicted octanol–water partition coefficient (Wildman–Crippen LogP) is 2.26. The normalized spacial score (nSPS) is 22.8. The fourth-order valence-electron chi connectivity index (χ4n) is 1.73. The molecule has 0 saturated carbocycles. The van der Waals surface area contributed by atoms with Crippen molar-refractivity contribution in [2.75, 3.05) is 19.0 Å². The number of halogens is 1. The number of hydrogen-bond acceptors (Lipinski definition) is 1. The van der Waals surface area contributed by atoms with Crippen LogP contribution in [0.2, 0.25) is 0 Å². The molecule has 3 heteroatoms. The molecule has 2 nitrogen and oxygen atoms in total. The number of carbonyl (C=O) groups is 1. The summed E-state index contributed by atoms with van der Waals surface area (Å²) >= 11 is 5.72. The van der Waals surface area contributed by atoms with Gasteiger partial charge in [-0.15, -0.1) is 11.6 Å². The quantitative estimate of drug-likeness (QED) is 0.496. The van der Waals surface area contributed by atoms with Crippen LogP contribution in [-0.2, 0) is 4.79 Å². The van der Waals surface area contributed by atoms with E-state index in [9.17, 15) is 4.79 Å². The molecule has 0 radical (unpaired) electrons. The Bertz CT molecular complexity index is 172. The third-order valence-corrected chi connectivity index (χ3v) is 2.98. The summed E-state index contributed by atoms with van der Waals surface area (Å²) in [6.45, 7) is 3.99. The zero-order valence-electron chi connectivity index (χ0n) is 8.26. The molecule has 0 aliphatic carbocycles. The van der Waals surface area contributed by atoms with Crippen molar-refractivity contribution >= 4 is 17.5 Å². The maximum Gasteiger partial charge on any atom is 0.222 e. The highest BCUT2D eigenvalue weighted by molar-refractivity contribution is 6.18. The van der Waals surface area contributed by atoms with E-state index in [0.29, 0.717) is 24.1 Å². The summed E-state index contributed by atoms with van der Waals surface area (Å²) in [5.41, 5.74) is 0. The number of unbranched alkanes of at least 4 members (excludes halogenated alkanes) is 2. The average Bonchev–Trinajstić information content (AvgIpc) is 2.48. The lowest BCUT2D eigenvalue weighted by atomic mass is 10.1. The number of likely N-dealkylation sites (tertiary alicyclic amines) is 1. The summed E-state index contributed by atoms with van der Waals surface area (Å²) in [5, 5.41) is 0. The second kappa shape index (κ2) is 5.48. The first kappa shape index (κ1) is 10.8. The Balaban J connectivity index is 2.23. The molecule has 0 spiro atoms. The van der Waals surface area contributed by atoms with Crippen LogP contribution < -0.4 is 0 Å². The number of carbonyl (C=O) groups excluding carboxylic acids is 1. The molecule has 1 heterocycles. The molecule has 1 amide bonds. The van der Waals surface area contributed by atoms with Gasteiger partial charge in [0.2, 0.25) is 5.91 Å². The molecule has 0 bridgehead atoms.